The van der Waals surface area contributed by atoms with E-state index >= 15 is 0 Å². The number of ether oxygens (including phenoxy) is 1. The smallest absolute Gasteiger partial charge is 0.409 e. The summed E-state index contributed by atoms with van der Waals surface area (Å²) in [5, 5.41) is 0. The lowest BCUT2D eigenvalue weighted by molar-refractivity contribution is 0.0893. The minimum atomic E-state index is -0.249. The molecule has 1 aliphatic rings. The Bertz CT molecular complexity index is 426. The molecular formula is C14H18BrNO2. The molecule has 2 atom stereocenters. The number of nitrogens with zero attached hydrogens (tertiary/aromatic N) is 1. The highest BCUT2D eigenvalue weighted by Gasteiger charge is 2.30. The van der Waals surface area contributed by atoms with Crippen molar-refractivity contribution in [1.29, 1.82) is 0 Å². The normalized spacial score (nSPS) is 23.8. The number of likely N-dealkylation sites (tertiary alicyclic amines) is 1. The summed E-state index contributed by atoms with van der Waals surface area (Å²) in [5.41, 5.74) is 0. The molecule has 1 aliphatic heterocycles. The van der Waals surface area contributed by atoms with Crippen LogP contribution in [0.15, 0.2) is 28.7 Å². The monoisotopic (exact) mass is 311 g/mol. The Balaban J connectivity index is 2.09. The van der Waals surface area contributed by atoms with Crippen molar-refractivity contribution < 1.29 is 9.53 Å². The Labute approximate surface area is 116 Å². The van der Waals surface area contributed by atoms with Gasteiger partial charge in [0.2, 0.25) is 0 Å². The van der Waals surface area contributed by atoms with Gasteiger partial charge in [0.05, 0.1) is 4.47 Å². The molecule has 3 nitrogen and oxygen atoms in total. The topological polar surface area (TPSA) is 29.5 Å². The summed E-state index contributed by atoms with van der Waals surface area (Å²) >= 11 is 3.38. The summed E-state index contributed by atoms with van der Waals surface area (Å²) < 4.78 is 6.27. The first-order chi connectivity index (χ1) is 8.59. The molecule has 1 saturated heterocycles. The third-order valence-electron chi connectivity index (χ3n) is 3.44. The van der Waals surface area contributed by atoms with Crippen molar-refractivity contribution >= 4 is 22.0 Å². The third-order valence-corrected chi connectivity index (χ3v) is 4.09. The average molecular weight is 312 g/mol. The quantitative estimate of drug-likeness (QED) is 0.777. The molecule has 0 bridgehead atoms. The number of hydrogen-bond acceptors (Lipinski definition) is 2. The van der Waals surface area contributed by atoms with Gasteiger partial charge in [0.15, 0.2) is 0 Å². The molecule has 98 valence electrons. The van der Waals surface area contributed by atoms with Gasteiger partial charge in [-0.1, -0.05) is 12.1 Å². The second-order valence-corrected chi connectivity index (χ2v) is 5.69. The van der Waals surface area contributed by atoms with E-state index in [2.05, 4.69) is 29.8 Å². The molecule has 4 heteroatoms. The molecule has 0 aromatic heterocycles. The fourth-order valence-electron chi connectivity index (χ4n) is 2.46. The average Bonchev–Trinajstić information content (AvgIpc) is 2.32. The maximum atomic E-state index is 12.2. The fourth-order valence-corrected chi connectivity index (χ4v) is 2.82. The highest BCUT2D eigenvalue weighted by Crippen LogP contribution is 2.27. The number of carbonyl (C=O) groups excluding carboxylic acids is 1. The van der Waals surface area contributed by atoms with Crippen LogP contribution >= 0.6 is 15.9 Å². The molecule has 1 aromatic carbocycles. The first-order valence-corrected chi connectivity index (χ1v) is 7.13. The van der Waals surface area contributed by atoms with Crippen molar-refractivity contribution in [3.05, 3.63) is 28.7 Å². The van der Waals surface area contributed by atoms with E-state index in [1.807, 2.05) is 23.1 Å². The lowest BCUT2D eigenvalue weighted by Gasteiger charge is -2.37. The second-order valence-electron chi connectivity index (χ2n) is 4.83. The van der Waals surface area contributed by atoms with Gasteiger partial charge in [-0.2, -0.15) is 0 Å². The van der Waals surface area contributed by atoms with Crippen LogP contribution < -0.4 is 4.74 Å². The Morgan fingerprint density at radius 2 is 1.89 bits per heavy atom. The van der Waals surface area contributed by atoms with Gasteiger partial charge in [-0.15, -0.1) is 0 Å². The van der Waals surface area contributed by atoms with Gasteiger partial charge < -0.3 is 9.64 Å². The van der Waals surface area contributed by atoms with Crippen LogP contribution in [0.4, 0.5) is 4.79 Å². The predicted octanol–water partition coefficient (Wildman–Crippen LogP) is 4.21. The molecule has 2 rings (SSSR count). The molecular weight excluding hydrogens is 294 g/mol. The van der Waals surface area contributed by atoms with Crippen LogP contribution in [-0.4, -0.2) is 23.1 Å². The van der Waals surface area contributed by atoms with Crippen molar-refractivity contribution in [3.63, 3.8) is 0 Å². The van der Waals surface area contributed by atoms with Crippen LogP contribution in [0, 0.1) is 0 Å². The fraction of sp³-hybridized carbons (Fsp3) is 0.500. The van der Waals surface area contributed by atoms with Gasteiger partial charge in [-0.25, -0.2) is 4.79 Å². The van der Waals surface area contributed by atoms with E-state index in [0.717, 1.165) is 17.3 Å². The minimum absolute atomic E-state index is 0.249. The van der Waals surface area contributed by atoms with Gasteiger partial charge >= 0.3 is 6.09 Å². The van der Waals surface area contributed by atoms with Gasteiger partial charge in [-0.3, -0.25) is 0 Å². The number of hydrogen-bond donors (Lipinski definition) is 0. The van der Waals surface area contributed by atoms with Gasteiger partial charge in [0.25, 0.3) is 0 Å². The Morgan fingerprint density at radius 3 is 2.50 bits per heavy atom. The van der Waals surface area contributed by atoms with E-state index in [4.69, 9.17) is 4.74 Å². The molecule has 2 unspecified atom stereocenters. The highest BCUT2D eigenvalue weighted by molar-refractivity contribution is 9.10. The van der Waals surface area contributed by atoms with E-state index in [9.17, 15) is 4.79 Å². The maximum Gasteiger partial charge on any atom is 0.415 e. The predicted molar refractivity (Wildman–Crippen MR) is 74.8 cm³/mol. The van der Waals surface area contributed by atoms with Crippen molar-refractivity contribution in [2.24, 2.45) is 0 Å². The number of piperidine rings is 1. The van der Waals surface area contributed by atoms with Crippen molar-refractivity contribution in [1.82, 2.24) is 4.90 Å². The van der Waals surface area contributed by atoms with Crippen LogP contribution in [0.2, 0.25) is 0 Å². The van der Waals surface area contributed by atoms with Crippen molar-refractivity contribution in [2.45, 2.75) is 45.2 Å². The lowest BCUT2D eigenvalue weighted by Crippen LogP contribution is -2.48. The zero-order chi connectivity index (χ0) is 13.1. The molecule has 0 spiro atoms. The number of para-hydroxylation sites is 1. The molecule has 0 radical (unpaired) electrons. The minimum Gasteiger partial charge on any atom is -0.409 e. The highest BCUT2D eigenvalue weighted by atomic mass is 79.9. The van der Waals surface area contributed by atoms with E-state index in [-0.39, 0.29) is 18.2 Å². The first kappa shape index (κ1) is 13.4. The van der Waals surface area contributed by atoms with E-state index in [0.29, 0.717) is 5.75 Å². The second kappa shape index (κ2) is 5.74. The van der Waals surface area contributed by atoms with Crippen molar-refractivity contribution in [3.8, 4) is 5.75 Å². The number of benzene rings is 1. The summed E-state index contributed by atoms with van der Waals surface area (Å²) in [6.07, 6.45) is 3.04. The summed E-state index contributed by atoms with van der Waals surface area (Å²) in [7, 11) is 0. The molecule has 1 aromatic rings. The van der Waals surface area contributed by atoms with E-state index < -0.39 is 0 Å². The number of carbonyl (C=O) groups is 1. The zero-order valence-corrected chi connectivity index (χ0v) is 12.3. The Morgan fingerprint density at radius 1 is 1.28 bits per heavy atom. The number of halogens is 1. The molecule has 0 N–H and O–H groups in total. The third kappa shape index (κ3) is 2.86. The molecule has 0 aliphatic carbocycles. The van der Waals surface area contributed by atoms with Crippen LogP contribution in [0.25, 0.3) is 0 Å². The molecule has 18 heavy (non-hydrogen) atoms. The largest absolute Gasteiger partial charge is 0.415 e. The summed E-state index contributed by atoms with van der Waals surface area (Å²) in [5.74, 6) is 0.576. The van der Waals surface area contributed by atoms with Gasteiger partial charge in [-0.05, 0) is 61.2 Å². The Kier molecular flexibility index (Phi) is 4.27. The molecule has 1 amide bonds. The van der Waals surface area contributed by atoms with Crippen LogP contribution in [0.5, 0.6) is 5.75 Å². The summed E-state index contributed by atoms with van der Waals surface area (Å²) in [4.78, 5) is 14.1. The van der Waals surface area contributed by atoms with E-state index in [1.165, 1.54) is 6.42 Å². The number of amides is 1. The lowest BCUT2D eigenvalue weighted by atomic mass is 9.98. The Hall–Kier alpha value is -1.03. The van der Waals surface area contributed by atoms with Gasteiger partial charge in [0, 0.05) is 12.1 Å². The zero-order valence-electron chi connectivity index (χ0n) is 10.7. The standard InChI is InChI=1S/C14H18BrNO2/c1-10-6-5-7-11(2)16(10)14(17)18-13-9-4-3-8-12(13)15/h3-4,8-11H,5-7H2,1-2H3. The van der Waals surface area contributed by atoms with Crippen LogP contribution in [0.3, 0.4) is 0 Å². The SMILES string of the molecule is CC1CCCC(C)N1C(=O)Oc1ccccc1Br. The maximum absolute atomic E-state index is 12.2. The van der Waals surface area contributed by atoms with Crippen LogP contribution in [-0.2, 0) is 0 Å². The molecule has 1 heterocycles. The molecule has 0 saturated carbocycles. The van der Waals surface area contributed by atoms with Crippen molar-refractivity contribution in [2.75, 3.05) is 0 Å². The summed E-state index contributed by atoms with van der Waals surface area (Å²) in [6, 6.07) is 7.92. The summed E-state index contributed by atoms with van der Waals surface area (Å²) in [6.45, 7) is 4.16. The number of rotatable bonds is 1. The van der Waals surface area contributed by atoms with Gasteiger partial charge in [0.1, 0.15) is 5.75 Å². The first-order valence-electron chi connectivity index (χ1n) is 6.34. The van der Waals surface area contributed by atoms with Crippen LogP contribution in [0.1, 0.15) is 33.1 Å². The molecule has 1 fully saturated rings. The van der Waals surface area contributed by atoms with E-state index in [1.54, 1.807) is 6.07 Å².